The number of halogens is 1. The number of carbonyl (C=O) groups is 2. The quantitative estimate of drug-likeness (QED) is 0.534. The lowest BCUT2D eigenvalue weighted by Crippen LogP contribution is -2.48. The molecule has 0 unspecified atom stereocenters. The van der Waals surface area contributed by atoms with Crippen molar-refractivity contribution in [2.45, 2.75) is 0 Å². The van der Waals surface area contributed by atoms with E-state index >= 15 is 0 Å². The van der Waals surface area contributed by atoms with Gasteiger partial charge in [-0.3, -0.25) is 14.9 Å². The normalized spacial score (nSPS) is 13.5. The molecule has 6 nitrogen and oxygen atoms in total. The second kappa shape index (κ2) is 10.1. The van der Waals surface area contributed by atoms with Crippen molar-refractivity contribution in [3.63, 3.8) is 0 Å². The molecule has 2 N–H and O–H groups in total. The molecule has 0 radical (unpaired) electrons. The molecule has 2 aromatic carbocycles. The third-order valence-electron chi connectivity index (χ3n) is 5.12. The molecule has 0 saturated carbocycles. The van der Waals surface area contributed by atoms with Crippen LogP contribution in [-0.4, -0.2) is 48.0 Å². The fourth-order valence-corrected chi connectivity index (χ4v) is 4.45. The molecule has 1 aliphatic rings. The molecule has 1 aromatic heterocycles. The highest BCUT2D eigenvalue weighted by Crippen LogP contribution is 2.21. The Morgan fingerprint density at radius 1 is 0.938 bits per heavy atom. The van der Waals surface area contributed by atoms with Crippen LogP contribution in [0.2, 0.25) is 5.02 Å². The maximum Gasteiger partial charge on any atom is 0.264 e. The van der Waals surface area contributed by atoms with Gasteiger partial charge in [0.25, 0.3) is 11.8 Å². The summed E-state index contributed by atoms with van der Waals surface area (Å²) < 4.78 is 0. The minimum Gasteiger partial charge on any atom is -0.368 e. The van der Waals surface area contributed by atoms with Crippen LogP contribution >= 0.6 is 35.2 Å². The molecule has 1 saturated heterocycles. The third kappa shape index (κ3) is 5.45. The van der Waals surface area contributed by atoms with Crippen molar-refractivity contribution in [1.82, 2.24) is 10.2 Å². The zero-order valence-electron chi connectivity index (χ0n) is 17.1. The van der Waals surface area contributed by atoms with E-state index in [2.05, 4.69) is 15.5 Å². The van der Waals surface area contributed by atoms with E-state index < -0.39 is 0 Å². The standard InChI is InChI=1S/C23H21ClN4O2S2/c24-17-5-3-16(4-6-17)21(29)26-23(31)25-18-7-9-19(10-8-18)27-11-13-28(14-12-27)22(30)20-2-1-15-32-20/h1-10,15H,11-14H2,(H2,25,26,29,31). The predicted octanol–water partition coefficient (Wildman–Crippen LogP) is 4.49. The summed E-state index contributed by atoms with van der Waals surface area (Å²) in [5, 5.41) is 8.40. The molecule has 1 fully saturated rings. The van der Waals surface area contributed by atoms with Crippen LogP contribution in [0.5, 0.6) is 0 Å². The van der Waals surface area contributed by atoms with Crippen LogP contribution in [0.25, 0.3) is 0 Å². The Morgan fingerprint density at radius 3 is 2.25 bits per heavy atom. The number of hydrogen-bond acceptors (Lipinski definition) is 5. The molecule has 1 aliphatic heterocycles. The second-order valence-electron chi connectivity index (χ2n) is 7.22. The van der Waals surface area contributed by atoms with Crippen LogP contribution in [-0.2, 0) is 0 Å². The largest absolute Gasteiger partial charge is 0.368 e. The van der Waals surface area contributed by atoms with E-state index in [0.717, 1.165) is 29.3 Å². The summed E-state index contributed by atoms with van der Waals surface area (Å²) >= 11 is 12.6. The lowest BCUT2D eigenvalue weighted by Gasteiger charge is -2.36. The van der Waals surface area contributed by atoms with Gasteiger partial charge >= 0.3 is 0 Å². The molecule has 0 atom stereocenters. The summed E-state index contributed by atoms with van der Waals surface area (Å²) in [7, 11) is 0. The van der Waals surface area contributed by atoms with E-state index in [1.165, 1.54) is 11.3 Å². The number of thiocarbonyl (C=S) groups is 1. The van der Waals surface area contributed by atoms with E-state index in [1.807, 2.05) is 46.7 Å². The third-order valence-corrected chi connectivity index (χ3v) is 6.44. The van der Waals surface area contributed by atoms with Crippen LogP contribution in [0, 0.1) is 0 Å². The molecule has 0 aliphatic carbocycles. The highest BCUT2D eigenvalue weighted by atomic mass is 35.5. The summed E-state index contributed by atoms with van der Waals surface area (Å²) in [6.45, 7) is 2.94. The first kappa shape index (κ1) is 22.3. The van der Waals surface area contributed by atoms with Crippen LogP contribution in [0.1, 0.15) is 20.0 Å². The average Bonchev–Trinajstić information content (AvgIpc) is 3.34. The van der Waals surface area contributed by atoms with E-state index in [9.17, 15) is 9.59 Å². The minimum atomic E-state index is -0.300. The molecule has 9 heteroatoms. The molecule has 3 aromatic rings. The van der Waals surface area contributed by atoms with Gasteiger partial charge in [-0.15, -0.1) is 11.3 Å². The number of hydrogen-bond donors (Lipinski definition) is 2. The van der Waals surface area contributed by atoms with Gasteiger partial charge < -0.3 is 15.1 Å². The smallest absolute Gasteiger partial charge is 0.264 e. The molecular formula is C23H21ClN4O2S2. The maximum absolute atomic E-state index is 12.5. The number of nitrogens with one attached hydrogen (secondary N) is 2. The molecule has 4 rings (SSSR count). The number of nitrogens with zero attached hydrogens (tertiary/aromatic N) is 2. The van der Waals surface area contributed by atoms with Crippen LogP contribution in [0.4, 0.5) is 11.4 Å². The van der Waals surface area contributed by atoms with Crippen molar-refractivity contribution in [2.24, 2.45) is 0 Å². The van der Waals surface area contributed by atoms with E-state index in [4.69, 9.17) is 23.8 Å². The first-order valence-corrected chi connectivity index (χ1v) is 11.7. The van der Waals surface area contributed by atoms with Gasteiger partial charge in [0.15, 0.2) is 5.11 Å². The summed E-state index contributed by atoms with van der Waals surface area (Å²) in [5.74, 6) is -0.195. The Labute approximate surface area is 200 Å². The monoisotopic (exact) mass is 484 g/mol. The van der Waals surface area contributed by atoms with E-state index in [0.29, 0.717) is 23.7 Å². The van der Waals surface area contributed by atoms with Gasteiger partial charge in [-0.1, -0.05) is 17.7 Å². The number of anilines is 2. The fraction of sp³-hybridized carbons (Fsp3) is 0.174. The number of benzene rings is 2. The van der Waals surface area contributed by atoms with Gasteiger partial charge in [-0.05, 0) is 72.2 Å². The summed E-state index contributed by atoms with van der Waals surface area (Å²) in [4.78, 5) is 29.7. The maximum atomic E-state index is 12.5. The van der Waals surface area contributed by atoms with Crippen LogP contribution in [0.15, 0.2) is 66.0 Å². The van der Waals surface area contributed by atoms with E-state index in [-0.39, 0.29) is 16.9 Å². The van der Waals surface area contributed by atoms with Gasteiger partial charge in [0.05, 0.1) is 4.88 Å². The lowest BCUT2D eigenvalue weighted by atomic mass is 10.2. The minimum absolute atomic E-state index is 0.105. The molecule has 0 bridgehead atoms. The Morgan fingerprint density at radius 2 is 1.62 bits per heavy atom. The Hall–Kier alpha value is -2.94. The van der Waals surface area contributed by atoms with Gasteiger partial charge in [-0.2, -0.15) is 0 Å². The van der Waals surface area contributed by atoms with Crippen molar-refractivity contribution in [1.29, 1.82) is 0 Å². The first-order chi connectivity index (χ1) is 15.5. The summed E-state index contributed by atoms with van der Waals surface area (Å²) in [6.07, 6.45) is 0. The van der Waals surface area contributed by atoms with Crippen molar-refractivity contribution in [2.75, 3.05) is 36.4 Å². The topological polar surface area (TPSA) is 64.7 Å². The van der Waals surface area contributed by atoms with Crippen molar-refractivity contribution in [3.05, 3.63) is 81.5 Å². The summed E-state index contributed by atoms with van der Waals surface area (Å²) in [5.41, 5.74) is 2.34. The SMILES string of the molecule is O=C(NC(=S)Nc1ccc(N2CCN(C(=O)c3cccs3)CC2)cc1)c1ccc(Cl)cc1. The Kier molecular flexibility index (Phi) is 7.04. The number of amides is 2. The first-order valence-electron chi connectivity index (χ1n) is 10.1. The number of piperazine rings is 1. The zero-order chi connectivity index (χ0) is 22.5. The lowest BCUT2D eigenvalue weighted by molar-refractivity contribution is 0.0751. The summed E-state index contributed by atoms with van der Waals surface area (Å²) in [6, 6.07) is 18.2. The molecule has 164 valence electrons. The number of thiophene rings is 1. The van der Waals surface area contributed by atoms with Crippen LogP contribution in [0.3, 0.4) is 0 Å². The highest BCUT2D eigenvalue weighted by molar-refractivity contribution is 7.80. The van der Waals surface area contributed by atoms with Gasteiger partial charge in [0.2, 0.25) is 0 Å². The number of carbonyl (C=O) groups excluding carboxylic acids is 2. The Bertz CT molecular complexity index is 1090. The molecule has 0 spiro atoms. The molecular weight excluding hydrogens is 464 g/mol. The second-order valence-corrected chi connectivity index (χ2v) is 9.01. The van der Waals surface area contributed by atoms with Crippen molar-refractivity contribution < 1.29 is 9.59 Å². The Balaban J connectivity index is 1.28. The fourth-order valence-electron chi connectivity index (χ4n) is 3.42. The molecule has 32 heavy (non-hydrogen) atoms. The number of rotatable bonds is 4. The predicted molar refractivity (Wildman–Crippen MR) is 134 cm³/mol. The average molecular weight is 485 g/mol. The van der Waals surface area contributed by atoms with Crippen molar-refractivity contribution in [3.8, 4) is 0 Å². The molecule has 2 amide bonds. The highest BCUT2D eigenvalue weighted by Gasteiger charge is 2.22. The van der Waals surface area contributed by atoms with Gasteiger partial charge in [0.1, 0.15) is 0 Å². The van der Waals surface area contributed by atoms with Gasteiger partial charge in [-0.25, -0.2) is 0 Å². The molecule has 2 heterocycles. The zero-order valence-corrected chi connectivity index (χ0v) is 19.5. The van der Waals surface area contributed by atoms with Crippen molar-refractivity contribution >= 4 is 63.5 Å². The van der Waals surface area contributed by atoms with E-state index in [1.54, 1.807) is 24.3 Å². The van der Waals surface area contributed by atoms with Crippen LogP contribution < -0.4 is 15.5 Å². The van der Waals surface area contributed by atoms with Gasteiger partial charge in [0, 0.05) is 48.1 Å².